The van der Waals surface area contributed by atoms with E-state index in [4.69, 9.17) is 23.2 Å². The molecule has 0 radical (unpaired) electrons. The number of amides is 4. The Bertz CT molecular complexity index is 1190. The number of aliphatic hydroxyl groups excluding tert-OH is 2. The minimum Gasteiger partial charge on any atom is -0.505 e. The van der Waals surface area contributed by atoms with Gasteiger partial charge in [0, 0.05) is 33.3 Å². The van der Waals surface area contributed by atoms with Crippen molar-refractivity contribution in [2.45, 2.75) is 84.5 Å². The number of rotatable bonds is 6. The van der Waals surface area contributed by atoms with E-state index in [1.165, 1.54) is 57.4 Å². The standard InChI is InChI=1S/C16H23ClN2O3.C13H19ClN2O3/c1-10(20)13-7-12(17)8-14(15(13)21)19-16(22)18-9-11-5-3-2-4-6-11;1-7(17)9-5-8(14)6-10(11(9)18)15-12(19)16-13(2,3)4/h7-8,10-11,20-21H,2-6,9H2,1H3,(H2,18,19,22);5-7,17-18H,1-4H3,(H2,15,16,19). The van der Waals surface area contributed by atoms with E-state index in [0.717, 1.165) is 12.8 Å². The van der Waals surface area contributed by atoms with Crippen molar-refractivity contribution in [1.82, 2.24) is 10.6 Å². The van der Waals surface area contributed by atoms with Gasteiger partial charge in [0.25, 0.3) is 0 Å². The molecule has 2 unspecified atom stereocenters. The lowest BCUT2D eigenvalue weighted by Crippen LogP contribution is -2.43. The molecule has 10 nitrogen and oxygen atoms in total. The number of carbonyl (C=O) groups excluding carboxylic acids is 2. The highest BCUT2D eigenvalue weighted by Gasteiger charge is 2.19. The maximum Gasteiger partial charge on any atom is 0.319 e. The number of phenols is 2. The number of benzene rings is 2. The van der Waals surface area contributed by atoms with Crippen molar-refractivity contribution in [3.8, 4) is 11.5 Å². The van der Waals surface area contributed by atoms with Crippen LogP contribution in [0, 0.1) is 5.92 Å². The number of anilines is 2. The van der Waals surface area contributed by atoms with Crippen LogP contribution in [0.15, 0.2) is 24.3 Å². The third kappa shape index (κ3) is 11.5. The molecule has 8 N–H and O–H groups in total. The van der Waals surface area contributed by atoms with Crippen LogP contribution in [-0.2, 0) is 0 Å². The van der Waals surface area contributed by atoms with Gasteiger partial charge < -0.3 is 41.7 Å². The lowest BCUT2D eigenvalue weighted by molar-refractivity contribution is 0.194. The number of phenolic OH excluding ortho intramolecular Hbond substituents is 2. The summed E-state index contributed by atoms with van der Waals surface area (Å²) in [4.78, 5) is 23.7. The highest BCUT2D eigenvalue weighted by atomic mass is 35.5. The molecule has 0 bridgehead atoms. The topological polar surface area (TPSA) is 163 Å². The summed E-state index contributed by atoms with van der Waals surface area (Å²) in [6.45, 7) is 9.18. The third-order valence-corrected chi connectivity index (χ3v) is 6.81. The van der Waals surface area contributed by atoms with Crippen LogP contribution >= 0.6 is 23.2 Å². The number of aliphatic hydroxyl groups is 2. The maximum absolute atomic E-state index is 12.0. The van der Waals surface area contributed by atoms with E-state index in [1.54, 1.807) is 0 Å². The fourth-order valence-electron chi connectivity index (χ4n) is 4.36. The van der Waals surface area contributed by atoms with E-state index in [0.29, 0.717) is 22.5 Å². The first kappa shape index (κ1) is 34.3. The molecular formula is C29H42Cl2N4O6. The van der Waals surface area contributed by atoms with Gasteiger partial charge in [-0.1, -0.05) is 42.5 Å². The lowest BCUT2D eigenvalue weighted by atomic mass is 9.89. The van der Waals surface area contributed by atoms with Gasteiger partial charge in [-0.3, -0.25) is 0 Å². The van der Waals surface area contributed by atoms with Crippen LogP contribution in [0.1, 0.15) is 90.1 Å². The number of halogens is 2. The molecule has 3 rings (SSSR count). The van der Waals surface area contributed by atoms with E-state index in [1.807, 2.05) is 20.8 Å². The number of carbonyl (C=O) groups is 2. The second-order valence-corrected chi connectivity index (χ2v) is 12.2. The van der Waals surface area contributed by atoms with Crippen molar-refractivity contribution < 1.29 is 30.0 Å². The summed E-state index contributed by atoms with van der Waals surface area (Å²) in [5.41, 5.74) is 0.508. The zero-order valence-corrected chi connectivity index (χ0v) is 25.7. The highest BCUT2D eigenvalue weighted by Crippen LogP contribution is 2.36. The minimum atomic E-state index is -0.884. The van der Waals surface area contributed by atoms with E-state index in [2.05, 4.69) is 21.3 Å². The van der Waals surface area contributed by atoms with Gasteiger partial charge in [-0.15, -0.1) is 0 Å². The SMILES string of the molecule is CC(O)c1cc(Cl)cc(NC(=O)NC(C)(C)C)c1O.CC(O)c1cc(Cl)cc(NC(=O)NCC2CCCCC2)c1O. The summed E-state index contributed by atoms with van der Waals surface area (Å²) in [6.07, 6.45) is 4.27. The van der Waals surface area contributed by atoms with E-state index >= 15 is 0 Å². The Balaban J connectivity index is 0.000000290. The van der Waals surface area contributed by atoms with Crippen molar-refractivity contribution >= 4 is 46.6 Å². The predicted octanol–water partition coefficient (Wildman–Crippen LogP) is 6.82. The van der Waals surface area contributed by atoms with Crippen LogP contribution in [0.25, 0.3) is 0 Å². The van der Waals surface area contributed by atoms with Crippen molar-refractivity contribution in [3.05, 3.63) is 45.4 Å². The van der Waals surface area contributed by atoms with Crippen LogP contribution < -0.4 is 21.3 Å². The Kier molecular flexibility index (Phi) is 12.8. The fraction of sp³-hybridized carbons (Fsp3) is 0.517. The summed E-state index contributed by atoms with van der Waals surface area (Å²) < 4.78 is 0. The minimum absolute atomic E-state index is 0.158. The van der Waals surface area contributed by atoms with Crippen LogP contribution in [0.2, 0.25) is 10.0 Å². The highest BCUT2D eigenvalue weighted by molar-refractivity contribution is 6.31. The Morgan fingerprint density at radius 3 is 1.68 bits per heavy atom. The molecule has 0 aromatic heterocycles. The zero-order chi connectivity index (χ0) is 30.9. The molecule has 0 saturated heterocycles. The Morgan fingerprint density at radius 2 is 1.27 bits per heavy atom. The number of aromatic hydroxyl groups is 2. The predicted molar refractivity (Wildman–Crippen MR) is 163 cm³/mol. The van der Waals surface area contributed by atoms with Gasteiger partial charge in [0.1, 0.15) is 11.5 Å². The summed E-state index contributed by atoms with van der Waals surface area (Å²) in [5, 5.41) is 50.5. The molecule has 4 amide bonds. The molecule has 0 heterocycles. The Morgan fingerprint density at radius 1 is 0.829 bits per heavy atom. The zero-order valence-electron chi connectivity index (χ0n) is 24.1. The van der Waals surface area contributed by atoms with Crippen LogP contribution in [0.4, 0.5) is 21.0 Å². The Labute approximate surface area is 251 Å². The van der Waals surface area contributed by atoms with Gasteiger partial charge >= 0.3 is 12.1 Å². The van der Waals surface area contributed by atoms with Crippen LogP contribution in [-0.4, -0.2) is 44.6 Å². The van der Waals surface area contributed by atoms with Gasteiger partial charge in [-0.2, -0.15) is 0 Å². The van der Waals surface area contributed by atoms with Gasteiger partial charge in [0.2, 0.25) is 0 Å². The number of hydrogen-bond donors (Lipinski definition) is 8. The van der Waals surface area contributed by atoms with E-state index in [9.17, 15) is 30.0 Å². The van der Waals surface area contributed by atoms with E-state index < -0.39 is 23.8 Å². The molecule has 2 aromatic rings. The van der Waals surface area contributed by atoms with Crippen LogP contribution in [0.3, 0.4) is 0 Å². The second-order valence-electron chi connectivity index (χ2n) is 11.3. The molecule has 2 atom stereocenters. The van der Waals surface area contributed by atoms with Crippen molar-refractivity contribution in [1.29, 1.82) is 0 Å². The molecule has 0 spiro atoms. The average Bonchev–Trinajstić information content (AvgIpc) is 2.86. The molecule has 12 heteroatoms. The number of urea groups is 2. The molecule has 0 aliphatic heterocycles. The molecule has 1 saturated carbocycles. The third-order valence-electron chi connectivity index (χ3n) is 6.37. The maximum atomic E-state index is 12.0. The normalized spacial score (nSPS) is 15.1. The molecule has 1 aliphatic carbocycles. The van der Waals surface area contributed by atoms with Gasteiger partial charge in [0.15, 0.2) is 0 Å². The molecular weight excluding hydrogens is 571 g/mol. The monoisotopic (exact) mass is 612 g/mol. The van der Waals surface area contributed by atoms with Crippen molar-refractivity contribution in [2.24, 2.45) is 5.92 Å². The largest absolute Gasteiger partial charge is 0.505 e. The number of hydrogen-bond acceptors (Lipinski definition) is 6. The summed E-state index contributed by atoms with van der Waals surface area (Å²) in [7, 11) is 0. The molecule has 41 heavy (non-hydrogen) atoms. The van der Waals surface area contributed by atoms with Crippen molar-refractivity contribution in [3.63, 3.8) is 0 Å². The summed E-state index contributed by atoms with van der Waals surface area (Å²) in [5.74, 6) is 0.177. The molecule has 1 aliphatic rings. The molecule has 2 aromatic carbocycles. The Hall–Kier alpha value is -2.92. The van der Waals surface area contributed by atoms with Crippen molar-refractivity contribution in [2.75, 3.05) is 17.2 Å². The van der Waals surface area contributed by atoms with Gasteiger partial charge in [-0.05, 0) is 77.6 Å². The van der Waals surface area contributed by atoms with E-state index in [-0.39, 0.29) is 40.0 Å². The smallest absolute Gasteiger partial charge is 0.319 e. The second kappa shape index (κ2) is 15.3. The first-order chi connectivity index (χ1) is 19.1. The first-order valence-electron chi connectivity index (χ1n) is 13.6. The summed E-state index contributed by atoms with van der Waals surface area (Å²) >= 11 is 11.8. The molecule has 1 fully saturated rings. The summed E-state index contributed by atoms with van der Waals surface area (Å²) in [6, 6.07) is 4.98. The number of nitrogens with one attached hydrogen (secondary N) is 4. The van der Waals surface area contributed by atoms with Crippen LogP contribution in [0.5, 0.6) is 11.5 Å². The first-order valence-corrected chi connectivity index (χ1v) is 14.4. The average molecular weight is 614 g/mol. The molecule has 228 valence electrons. The fourth-order valence-corrected chi connectivity index (χ4v) is 4.81. The quantitative estimate of drug-likeness (QED) is 0.167. The van der Waals surface area contributed by atoms with Gasteiger partial charge in [0.05, 0.1) is 23.6 Å². The van der Waals surface area contributed by atoms with Gasteiger partial charge in [-0.25, -0.2) is 9.59 Å². The lowest BCUT2D eigenvalue weighted by Gasteiger charge is -2.22.